The molecule has 0 aliphatic heterocycles. The smallest absolute Gasteiger partial charge is 0.221 e. The summed E-state index contributed by atoms with van der Waals surface area (Å²) in [6, 6.07) is 13.4. The van der Waals surface area contributed by atoms with Crippen LogP contribution in [0.25, 0.3) is 0 Å². The number of nitrogens with one attached hydrogen (secondary N) is 1. The van der Waals surface area contributed by atoms with Crippen LogP contribution in [-0.2, 0) is 21.2 Å². The Morgan fingerprint density at radius 2 is 1.78 bits per heavy atom. The summed E-state index contributed by atoms with van der Waals surface area (Å²) in [5.41, 5.74) is 0.656. The molecule has 0 saturated carbocycles. The normalized spacial score (nSPS) is 11.3. The van der Waals surface area contributed by atoms with Crippen molar-refractivity contribution in [2.24, 2.45) is 0 Å². The molecule has 0 radical (unpaired) electrons. The van der Waals surface area contributed by atoms with E-state index in [-0.39, 0.29) is 35.3 Å². The number of hydrogen-bond acceptors (Lipinski definition) is 6. The Hall–Kier alpha value is -2.29. The molecule has 1 N–H and O–H groups in total. The van der Waals surface area contributed by atoms with Crippen molar-refractivity contribution in [1.82, 2.24) is 5.32 Å². The van der Waals surface area contributed by atoms with E-state index in [1.165, 1.54) is 34.8 Å². The number of carbonyl (C=O) groups is 2. The van der Waals surface area contributed by atoms with E-state index in [9.17, 15) is 18.0 Å². The highest BCUT2D eigenvalue weighted by Crippen LogP contribution is 2.21. The number of carbonyl (C=O) groups excluding carboxylic acids is 2. The lowest BCUT2D eigenvalue weighted by atomic mass is 10.2. The van der Waals surface area contributed by atoms with Crippen molar-refractivity contribution in [3.05, 3.63) is 74.6 Å². The fourth-order valence-electron chi connectivity index (χ4n) is 2.38. The van der Waals surface area contributed by atoms with Gasteiger partial charge in [-0.1, -0.05) is 18.2 Å². The molecule has 0 atom stereocenters. The number of thiophene rings is 2. The maximum absolute atomic E-state index is 12.3. The number of amides is 1. The fourth-order valence-corrected chi connectivity index (χ4v) is 5.18. The lowest BCUT2D eigenvalue weighted by molar-refractivity contribution is -0.120. The van der Waals surface area contributed by atoms with Gasteiger partial charge in [-0.25, -0.2) is 8.42 Å². The number of benzene rings is 1. The second-order valence-corrected chi connectivity index (χ2v) is 9.82. The lowest BCUT2D eigenvalue weighted by Crippen LogP contribution is -2.24. The number of sulfone groups is 1. The first-order valence-corrected chi connectivity index (χ1v) is 11.6. The molecule has 27 heavy (non-hydrogen) atoms. The SMILES string of the molecule is O=C(CCS(=O)(=O)c1ccccc1)NCc1ccc(C(=O)c2ccsc2)s1. The van der Waals surface area contributed by atoms with Gasteiger partial charge < -0.3 is 5.32 Å². The van der Waals surface area contributed by atoms with E-state index in [1.54, 1.807) is 41.8 Å². The van der Waals surface area contributed by atoms with Crippen molar-refractivity contribution in [3.63, 3.8) is 0 Å². The lowest BCUT2D eigenvalue weighted by Gasteiger charge is -2.05. The van der Waals surface area contributed by atoms with Crippen LogP contribution in [0.15, 0.2) is 64.2 Å². The van der Waals surface area contributed by atoms with Crippen LogP contribution in [0.1, 0.15) is 26.5 Å². The van der Waals surface area contributed by atoms with Crippen LogP contribution >= 0.6 is 22.7 Å². The van der Waals surface area contributed by atoms with Gasteiger partial charge in [-0.2, -0.15) is 11.3 Å². The minimum absolute atomic E-state index is 0.0345. The van der Waals surface area contributed by atoms with Gasteiger partial charge in [-0.15, -0.1) is 11.3 Å². The number of hydrogen-bond donors (Lipinski definition) is 1. The van der Waals surface area contributed by atoms with E-state index >= 15 is 0 Å². The molecule has 0 spiro atoms. The summed E-state index contributed by atoms with van der Waals surface area (Å²) in [5, 5.41) is 6.36. The molecule has 0 aliphatic carbocycles. The van der Waals surface area contributed by atoms with Gasteiger partial charge in [0.2, 0.25) is 11.7 Å². The molecule has 0 aliphatic rings. The predicted octanol–water partition coefficient (Wildman–Crippen LogP) is 3.52. The van der Waals surface area contributed by atoms with Gasteiger partial charge in [-0.05, 0) is 35.7 Å². The Morgan fingerprint density at radius 3 is 2.48 bits per heavy atom. The minimum atomic E-state index is -3.47. The van der Waals surface area contributed by atoms with Gasteiger partial charge >= 0.3 is 0 Å². The molecular formula is C19H17NO4S3. The summed E-state index contributed by atoms with van der Waals surface area (Å²) in [5.74, 6) is -0.615. The van der Waals surface area contributed by atoms with E-state index in [0.29, 0.717) is 10.4 Å². The summed E-state index contributed by atoms with van der Waals surface area (Å²) < 4.78 is 24.4. The summed E-state index contributed by atoms with van der Waals surface area (Å²) in [6.45, 7) is 0.270. The molecule has 2 aromatic heterocycles. The largest absolute Gasteiger partial charge is 0.351 e. The zero-order valence-electron chi connectivity index (χ0n) is 14.3. The molecule has 2 heterocycles. The highest BCUT2D eigenvalue weighted by atomic mass is 32.2. The maximum atomic E-state index is 12.3. The van der Waals surface area contributed by atoms with Gasteiger partial charge in [0.15, 0.2) is 9.84 Å². The molecule has 0 bridgehead atoms. The van der Waals surface area contributed by atoms with Gasteiger partial charge in [0.1, 0.15) is 0 Å². The third kappa shape index (κ3) is 5.12. The molecule has 3 aromatic rings. The average molecular weight is 420 g/mol. The molecule has 3 rings (SSSR count). The van der Waals surface area contributed by atoms with E-state index in [4.69, 9.17) is 0 Å². The first kappa shape index (κ1) is 19.5. The number of ketones is 1. The Kier molecular flexibility index (Phi) is 6.20. The highest BCUT2D eigenvalue weighted by Gasteiger charge is 2.16. The third-order valence-corrected chi connectivity index (χ3v) is 7.33. The molecule has 0 fully saturated rings. The topological polar surface area (TPSA) is 80.3 Å². The van der Waals surface area contributed by atoms with Crippen molar-refractivity contribution in [2.45, 2.75) is 17.9 Å². The van der Waals surface area contributed by atoms with Crippen LogP contribution < -0.4 is 5.32 Å². The van der Waals surface area contributed by atoms with Crippen LogP contribution in [0.4, 0.5) is 0 Å². The van der Waals surface area contributed by atoms with Crippen LogP contribution in [0.3, 0.4) is 0 Å². The average Bonchev–Trinajstić information content (AvgIpc) is 3.37. The van der Waals surface area contributed by atoms with E-state index in [0.717, 1.165) is 4.88 Å². The van der Waals surface area contributed by atoms with Crippen LogP contribution in [0.2, 0.25) is 0 Å². The van der Waals surface area contributed by atoms with Gasteiger partial charge in [0, 0.05) is 22.2 Å². The fraction of sp³-hybridized carbons (Fsp3) is 0.158. The van der Waals surface area contributed by atoms with Gasteiger partial charge in [0.05, 0.1) is 22.1 Å². The Bertz CT molecular complexity index is 1020. The first-order valence-electron chi connectivity index (χ1n) is 8.16. The molecule has 0 saturated heterocycles. The van der Waals surface area contributed by atoms with Crippen LogP contribution in [0, 0.1) is 0 Å². The van der Waals surface area contributed by atoms with Crippen LogP contribution in [0.5, 0.6) is 0 Å². The molecule has 140 valence electrons. The Morgan fingerprint density at radius 1 is 1.00 bits per heavy atom. The Labute approximate surface area is 165 Å². The van der Waals surface area contributed by atoms with Crippen molar-refractivity contribution in [1.29, 1.82) is 0 Å². The Balaban J connectivity index is 1.51. The van der Waals surface area contributed by atoms with Gasteiger partial charge in [-0.3, -0.25) is 9.59 Å². The zero-order chi connectivity index (χ0) is 19.3. The quantitative estimate of drug-likeness (QED) is 0.567. The maximum Gasteiger partial charge on any atom is 0.221 e. The second-order valence-electron chi connectivity index (χ2n) is 5.77. The van der Waals surface area contributed by atoms with E-state index in [1.807, 2.05) is 5.38 Å². The highest BCUT2D eigenvalue weighted by molar-refractivity contribution is 7.91. The number of rotatable bonds is 8. The molecule has 1 aromatic carbocycles. The molecular weight excluding hydrogens is 402 g/mol. The standard InChI is InChI=1S/C19H17NO4S3/c21-18(9-11-27(23,24)16-4-2-1-3-5-16)20-12-15-6-7-17(26-15)19(22)14-8-10-25-13-14/h1-8,10,13H,9,11-12H2,(H,20,21). The van der Waals surface area contributed by atoms with Crippen molar-refractivity contribution >= 4 is 44.2 Å². The minimum Gasteiger partial charge on any atom is -0.351 e. The van der Waals surface area contributed by atoms with Gasteiger partial charge in [0.25, 0.3) is 0 Å². The molecule has 1 amide bonds. The predicted molar refractivity (Wildman–Crippen MR) is 107 cm³/mol. The third-order valence-electron chi connectivity index (χ3n) is 3.83. The summed E-state index contributed by atoms with van der Waals surface area (Å²) >= 11 is 2.79. The van der Waals surface area contributed by atoms with E-state index in [2.05, 4.69) is 5.32 Å². The summed E-state index contributed by atoms with van der Waals surface area (Å²) in [4.78, 5) is 25.9. The summed E-state index contributed by atoms with van der Waals surface area (Å²) in [6.07, 6.45) is -0.108. The first-order chi connectivity index (χ1) is 13.0. The van der Waals surface area contributed by atoms with Crippen molar-refractivity contribution in [2.75, 3.05) is 5.75 Å². The van der Waals surface area contributed by atoms with E-state index < -0.39 is 9.84 Å². The molecule has 8 heteroatoms. The van der Waals surface area contributed by atoms with Crippen molar-refractivity contribution < 1.29 is 18.0 Å². The van der Waals surface area contributed by atoms with Crippen molar-refractivity contribution in [3.8, 4) is 0 Å². The zero-order valence-corrected chi connectivity index (χ0v) is 16.7. The molecule has 0 unspecified atom stereocenters. The summed E-state index contributed by atoms with van der Waals surface area (Å²) in [7, 11) is -3.47. The monoisotopic (exact) mass is 419 g/mol. The molecule has 5 nitrogen and oxygen atoms in total. The van der Waals surface area contributed by atoms with Crippen LogP contribution in [-0.4, -0.2) is 25.9 Å². The second kappa shape index (κ2) is 8.60.